The molecule has 3 aromatic rings. The minimum atomic E-state index is -0.392. The number of amides is 1. The molecule has 2 aromatic heterocycles. The lowest BCUT2D eigenvalue weighted by Gasteiger charge is -2.08. The number of halogens is 1. The van der Waals surface area contributed by atoms with Crippen LogP contribution in [0.4, 0.5) is 5.82 Å². The van der Waals surface area contributed by atoms with Crippen LogP contribution in [0.5, 0.6) is 5.88 Å². The second kappa shape index (κ2) is 9.76. The van der Waals surface area contributed by atoms with Crippen molar-refractivity contribution in [1.29, 1.82) is 5.26 Å². The van der Waals surface area contributed by atoms with Crippen LogP contribution in [0.15, 0.2) is 42.5 Å². The predicted octanol–water partition coefficient (Wildman–Crippen LogP) is 3.14. The Kier molecular flexibility index (Phi) is 6.88. The maximum absolute atomic E-state index is 12.4. The molecule has 0 spiro atoms. The lowest BCUT2D eigenvalue weighted by Crippen LogP contribution is -2.26. The average molecular weight is 425 g/mol. The molecule has 0 aliphatic heterocycles. The normalized spacial score (nSPS) is 10.4. The van der Waals surface area contributed by atoms with Crippen molar-refractivity contribution in [3.8, 4) is 17.6 Å². The van der Waals surface area contributed by atoms with Gasteiger partial charge in [-0.2, -0.15) is 10.4 Å². The van der Waals surface area contributed by atoms with Crippen LogP contribution in [-0.4, -0.2) is 33.8 Å². The monoisotopic (exact) mass is 424 g/mol. The maximum Gasteiger partial charge on any atom is 0.271 e. The standard InChI is InChI=1S/C21H21ClN6O2/c1-2-30-18-11-10-16(22)19(26-18)21(29)25-12-6-9-17-15(13-23)20(24)28(27-17)14-7-4-3-5-8-14/h3-5,7-8,10-11H,2,6,9,12,24H2,1H3,(H,25,29). The van der Waals surface area contributed by atoms with Gasteiger partial charge in [-0.15, -0.1) is 0 Å². The van der Waals surface area contributed by atoms with Gasteiger partial charge >= 0.3 is 0 Å². The molecule has 0 unspecified atom stereocenters. The summed E-state index contributed by atoms with van der Waals surface area (Å²) >= 11 is 6.08. The van der Waals surface area contributed by atoms with Crippen molar-refractivity contribution < 1.29 is 9.53 Å². The first kappa shape index (κ1) is 21.1. The zero-order valence-electron chi connectivity index (χ0n) is 16.4. The van der Waals surface area contributed by atoms with Gasteiger partial charge in [0.05, 0.1) is 23.0 Å². The number of para-hydroxylation sites is 1. The van der Waals surface area contributed by atoms with Gasteiger partial charge in [-0.1, -0.05) is 29.8 Å². The number of pyridine rings is 1. The second-order valence-electron chi connectivity index (χ2n) is 6.34. The highest BCUT2D eigenvalue weighted by molar-refractivity contribution is 6.33. The van der Waals surface area contributed by atoms with Gasteiger partial charge < -0.3 is 15.8 Å². The lowest BCUT2D eigenvalue weighted by atomic mass is 10.1. The Morgan fingerprint density at radius 2 is 2.07 bits per heavy atom. The van der Waals surface area contributed by atoms with Gasteiger partial charge in [0.1, 0.15) is 17.5 Å². The number of rotatable bonds is 8. The van der Waals surface area contributed by atoms with Crippen LogP contribution < -0.4 is 15.8 Å². The number of nitrogens with zero attached hydrogens (tertiary/aromatic N) is 4. The van der Waals surface area contributed by atoms with Crippen LogP contribution in [0.1, 0.15) is 35.1 Å². The Morgan fingerprint density at radius 1 is 1.30 bits per heavy atom. The summed E-state index contributed by atoms with van der Waals surface area (Å²) in [7, 11) is 0. The molecule has 0 radical (unpaired) electrons. The van der Waals surface area contributed by atoms with Gasteiger partial charge in [0.25, 0.3) is 5.91 Å². The Bertz CT molecular complexity index is 1080. The van der Waals surface area contributed by atoms with Crippen molar-refractivity contribution in [1.82, 2.24) is 20.1 Å². The number of aromatic nitrogens is 3. The van der Waals surface area contributed by atoms with Crippen LogP contribution >= 0.6 is 11.6 Å². The van der Waals surface area contributed by atoms with Gasteiger partial charge in [-0.05, 0) is 38.0 Å². The van der Waals surface area contributed by atoms with Crippen LogP contribution in [0, 0.1) is 11.3 Å². The largest absolute Gasteiger partial charge is 0.478 e. The fraction of sp³-hybridized carbons (Fsp3) is 0.238. The van der Waals surface area contributed by atoms with Crippen molar-refractivity contribution in [3.63, 3.8) is 0 Å². The summed E-state index contributed by atoms with van der Waals surface area (Å²) in [6, 6.07) is 14.7. The van der Waals surface area contributed by atoms with Crippen molar-refractivity contribution >= 4 is 23.3 Å². The number of carbonyl (C=O) groups is 1. The second-order valence-corrected chi connectivity index (χ2v) is 6.75. The van der Waals surface area contributed by atoms with E-state index in [1.54, 1.807) is 16.8 Å². The Morgan fingerprint density at radius 3 is 2.77 bits per heavy atom. The first-order chi connectivity index (χ1) is 14.5. The first-order valence-electron chi connectivity index (χ1n) is 9.45. The summed E-state index contributed by atoms with van der Waals surface area (Å²) < 4.78 is 6.86. The molecule has 0 fully saturated rings. The lowest BCUT2D eigenvalue weighted by molar-refractivity contribution is 0.0947. The summed E-state index contributed by atoms with van der Waals surface area (Å²) in [6.07, 6.45) is 1.04. The van der Waals surface area contributed by atoms with Crippen molar-refractivity contribution in [2.75, 3.05) is 18.9 Å². The number of nitrogens with two attached hydrogens (primary N) is 1. The number of carbonyl (C=O) groups excluding carboxylic acids is 1. The highest BCUT2D eigenvalue weighted by atomic mass is 35.5. The summed E-state index contributed by atoms with van der Waals surface area (Å²) in [4.78, 5) is 16.5. The Labute approximate surface area is 179 Å². The van der Waals surface area contributed by atoms with Crippen LogP contribution in [-0.2, 0) is 6.42 Å². The summed E-state index contributed by atoms with van der Waals surface area (Å²) in [5.74, 6) is 0.246. The van der Waals surface area contributed by atoms with Gasteiger partial charge in [0.2, 0.25) is 5.88 Å². The molecule has 30 heavy (non-hydrogen) atoms. The molecule has 0 saturated carbocycles. The molecule has 9 heteroatoms. The number of nitriles is 1. The van der Waals surface area contributed by atoms with Gasteiger partial charge in [0, 0.05) is 12.6 Å². The molecule has 1 aromatic carbocycles. The molecule has 154 valence electrons. The van der Waals surface area contributed by atoms with E-state index in [0.29, 0.717) is 48.9 Å². The smallest absolute Gasteiger partial charge is 0.271 e. The molecule has 1 amide bonds. The fourth-order valence-corrected chi connectivity index (χ4v) is 3.09. The Hall–Kier alpha value is -3.57. The third-order valence-electron chi connectivity index (χ3n) is 4.31. The van der Waals surface area contributed by atoms with Crippen molar-refractivity contribution in [3.05, 3.63) is 64.4 Å². The summed E-state index contributed by atoms with van der Waals surface area (Å²) in [6.45, 7) is 2.63. The molecule has 0 bridgehead atoms. The molecular weight excluding hydrogens is 404 g/mol. The van der Waals surface area contributed by atoms with Crippen LogP contribution in [0.25, 0.3) is 5.69 Å². The minimum absolute atomic E-state index is 0.109. The van der Waals surface area contributed by atoms with E-state index in [1.807, 2.05) is 37.3 Å². The van der Waals surface area contributed by atoms with Crippen molar-refractivity contribution in [2.24, 2.45) is 0 Å². The molecule has 0 atom stereocenters. The number of anilines is 1. The van der Waals surface area contributed by atoms with E-state index in [9.17, 15) is 10.1 Å². The summed E-state index contributed by atoms with van der Waals surface area (Å²) in [5.41, 5.74) is 7.92. The third kappa shape index (κ3) is 4.70. The first-order valence-corrected chi connectivity index (χ1v) is 9.83. The molecule has 0 aliphatic carbocycles. The molecule has 3 N–H and O–H groups in total. The highest BCUT2D eigenvalue weighted by Crippen LogP contribution is 2.21. The average Bonchev–Trinajstić information content (AvgIpc) is 3.08. The molecule has 8 nitrogen and oxygen atoms in total. The van der Waals surface area contributed by atoms with Crippen molar-refractivity contribution in [2.45, 2.75) is 19.8 Å². The van der Waals surface area contributed by atoms with Crippen LogP contribution in [0.3, 0.4) is 0 Å². The number of aryl methyl sites for hydroxylation is 1. The van der Waals surface area contributed by atoms with E-state index < -0.39 is 5.91 Å². The van der Waals surface area contributed by atoms with E-state index in [0.717, 1.165) is 5.69 Å². The van der Waals surface area contributed by atoms with Gasteiger partial charge in [-0.25, -0.2) is 9.67 Å². The number of benzene rings is 1. The maximum atomic E-state index is 12.4. The zero-order chi connectivity index (χ0) is 21.5. The number of ether oxygens (including phenoxy) is 1. The molecular formula is C21H21ClN6O2. The number of hydrogen-bond acceptors (Lipinski definition) is 6. The predicted molar refractivity (Wildman–Crippen MR) is 114 cm³/mol. The number of hydrogen-bond donors (Lipinski definition) is 2. The fourth-order valence-electron chi connectivity index (χ4n) is 2.89. The van der Waals surface area contributed by atoms with Gasteiger partial charge in [0.15, 0.2) is 5.69 Å². The quantitative estimate of drug-likeness (QED) is 0.536. The number of nitrogens with one attached hydrogen (secondary N) is 1. The number of nitrogen functional groups attached to an aromatic ring is 1. The van der Waals surface area contributed by atoms with E-state index in [4.69, 9.17) is 22.1 Å². The zero-order valence-corrected chi connectivity index (χ0v) is 17.2. The van der Waals surface area contributed by atoms with E-state index in [1.165, 1.54) is 0 Å². The molecule has 0 aliphatic rings. The molecule has 2 heterocycles. The van der Waals surface area contributed by atoms with Gasteiger partial charge in [-0.3, -0.25) is 4.79 Å². The van der Waals surface area contributed by atoms with E-state index in [2.05, 4.69) is 21.5 Å². The van der Waals surface area contributed by atoms with E-state index in [-0.39, 0.29) is 10.7 Å². The third-order valence-corrected chi connectivity index (χ3v) is 4.61. The Balaban J connectivity index is 1.63. The molecule has 0 saturated heterocycles. The van der Waals surface area contributed by atoms with Crippen LogP contribution in [0.2, 0.25) is 5.02 Å². The molecule has 3 rings (SSSR count). The topological polar surface area (TPSA) is 119 Å². The SMILES string of the molecule is CCOc1ccc(Cl)c(C(=O)NCCCc2nn(-c3ccccc3)c(N)c2C#N)n1. The highest BCUT2D eigenvalue weighted by Gasteiger charge is 2.17. The summed E-state index contributed by atoms with van der Waals surface area (Å²) in [5, 5.41) is 17.0. The van der Waals surface area contributed by atoms with E-state index >= 15 is 0 Å². The minimum Gasteiger partial charge on any atom is -0.478 e.